The molecule has 1 aliphatic rings. The molecule has 1 aromatic carbocycles. The Labute approximate surface area is 124 Å². The van der Waals surface area contributed by atoms with E-state index in [0.29, 0.717) is 0 Å². The van der Waals surface area contributed by atoms with Gasteiger partial charge in [0.15, 0.2) is 9.84 Å². The maximum Gasteiger partial charge on any atom is 0.288 e. The van der Waals surface area contributed by atoms with Gasteiger partial charge in [-0.2, -0.15) is 0 Å². The second-order valence-corrected chi connectivity index (χ2v) is 8.35. The van der Waals surface area contributed by atoms with Crippen LogP contribution < -0.4 is 4.90 Å². The summed E-state index contributed by atoms with van der Waals surface area (Å²) >= 11 is 0. The molecule has 0 bridgehead atoms. The Hall–Kier alpha value is -1.63. The number of piperidine rings is 1. The minimum Gasteiger partial charge on any atom is -0.371 e. The lowest BCUT2D eigenvalue weighted by Gasteiger charge is -2.39. The van der Waals surface area contributed by atoms with E-state index in [-0.39, 0.29) is 16.0 Å². The van der Waals surface area contributed by atoms with Gasteiger partial charge in [-0.05, 0) is 30.4 Å². The van der Waals surface area contributed by atoms with Crippen molar-refractivity contribution >= 4 is 21.2 Å². The van der Waals surface area contributed by atoms with E-state index >= 15 is 0 Å². The van der Waals surface area contributed by atoms with Crippen LogP contribution in [0.1, 0.15) is 26.7 Å². The Morgan fingerprint density at radius 3 is 2.52 bits per heavy atom. The quantitative estimate of drug-likeness (QED) is 0.633. The highest BCUT2D eigenvalue weighted by atomic mass is 32.2. The summed E-state index contributed by atoms with van der Waals surface area (Å²) in [4.78, 5) is 12.2. The molecule has 0 amide bonds. The fourth-order valence-corrected chi connectivity index (χ4v) is 3.65. The predicted molar refractivity (Wildman–Crippen MR) is 81.4 cm³/mol. The zero-order valence-electron chi connectivity index (χ0n) is 12.5. The van der Waals surface area contributed by atoms with Gasteiger partial charge in [-0.1, -0.05) is 13.8 Å². The van der Waals surface area contributed by atoms with E-state index in [1.807, 2.05) is 0 Å². The van der Waals surface area contributed by atoms with Crippen molar-refractivity contribution in [1.82, 2.24) is 0 Å². The molecule has 0 aliphatic carbocycles. The molecule has 1 aromatic rings. The molecule has 6 nitrogen and oxygen atoms in total. The SMILES string of the molecule is CC1(C)CCCN(c2ccc([N+](=O)[O-])c(S(C)(=O)=O)c2)C1. The third-order valence-electron chi connectivity index (χ3n) is 3.81. The van der Waals surface area contributed by atoms with Gasteiger partial charge >= 0.3 is 0 Å². The van der Waals surface area contributed by atoms with Crippen LogP contribution in [0, 0.1) is 15.5 Å². The first-order valence-corrected chi connectivity index (χ1v) is 8.73. The maximum absolute atomic E-state index is 11.8. The van der Waals surface area contributed by atoms with E-state index in [0.717, 1.165) is 37.9 Å². The van der Waals surface area contributed by atoms with Crippen LogP contribution in [0.15, 0.2) is 23.1 Å². The Morgan fingerprint density at radius 2 is 2.00 bits per heavy atom. The molecule has 1 heterocycles. The number of nitro benzene ring substituents is 1. The number of anilines is 1. The minimum atomic E-state index is -3.64. The lowest BCUT2D eigenvalue weighted by atomic mass is 9.84. The molecular formula is C14H20N2O4S. The Bertz CT molecular complexity index is 668. The van der Waals surface area contributed by atoms with Crippen LogP contribution in [0.3, 0.4) is 0 Å². The number of nitro groups is 1. The summed E-state index contributed by atoms with van der Waals surface area (Å²) < 4.78 is 23.6. The van der Waals surface area contributed by atoms with Crippen molar-refractivity contribution < 1.29 is 13.3 Å². The van der Waals surface area contributed by atoms with Gasteiger partial charge in [0, 0.05) is 31.1 Å². The number of nitrogens with zero attached hydrogens (tertiary/aromatic N) is 2. The van der Waals surface area contributed by atoms with Gasteiger partial charge in [-0.3, -0.25) is 10.1 Å². The van der Waals surface area contributed by atoms with Crippen LogP contribution in [-0.2, 0) is 9.84 Å². The van der Waals surface area contributed by atoms with E-state index in [1.54, 1.807) is 6.07 Å². The molecule has 1 saturated heterocycles. The highest BCUT2D eigenvalue weighted by molar-refractivity contribution is 7.90. The zero-order valence-corrected chi connectivity index (χ0v) is 13.3. The van der Waals surface area contributed by atoms with Gasteiger partial charge in [-0.15, -0.1) is 0 Å². The van der Waals surface area contributed by atoms with Gasteiger partial charge in [-0.25, -0.2) is 8.42 Å². The molecule has 21 heavy (non-hydrogen) atoms. The van der Waals surface area contributed by atoms with Crippen molar-refractivity contribution in [2.75, 3.05) is 24.2 Å². The van der Waals surface area contributed by atoms with Gasteiger partial charge in [0.25, 0.3) is 5.69 Å². The van der Waals surface area contributed by atoms with Gasteiger partial charge < -0.3 is 4.90 Å². The molecule has 0 radical (unpaired) electrons. The van der Waals surface area contributed by atoms with Crippen LogP contribution >= 0.6 is 0 Å². The fraction of sp³-hybridized carbons (Fsp3) is 0.571. The number of benzene rings is 1. The van der Waals surface area contributed by atoms with Crippen LogP contribution in [0.25, 0.3) is 0 Å². The maximum atomic E-state index is 11.8. The van der Waals surface area contributed by atoms with E-state index in [9.17, 15) is 18.5 Å². The van der Waals surface area contributed by atoms with Crippen LogP contribution in [0.4, 0.5) is 11.4 Å². The molecule has 1 aliphatic heterocycles. The van der Waals surface area contributed by atoms with Crippen LogP contribution in [0.2, 0.25) is 0 Å². The zero-order chi connectivity index (χ0) is 15.8. The van der Waals surface area contributed by atoms with Crippen LogP contribution in [0.5, 0.6) is 0 Å². The molecule has 0 atom stereocenters. The molecule has 1 fully saturated rings. The van der Waals surface area contributed by atoms with Gasteiger partial charge in [0.05, 0.1) is 4.92 Å². The van der Waals surface area contributed by atoms with E-state index in [2.05, 4.69) is 18.7 Å². The summed E-state index contributed by atoms with van der Waals surface area (Å²) in [6.45, 7) is 5.99. The summed E-state index contributed by atoms with van der Waals surface area (Å²) in [6, 6.07) is 4.34. The normalized spacial score (nSPS) is 18.5. The number of rotatable bonds is 3. The molecule has 2 rings (SSSR count). The highest BCUT2D eigenvalue weighted by Gasteiger charge is 2.29. The lowest BCUT2D eigenvalue weighted by molar-refractivity contribution is -0.387. The van der Waals surface area contributed by atoms with Crippen molar-refractivity contribution in [3.05, 3.63) is 28.3 Å². The average Bonchev–Trinajstić information content (AvgIpc) is 2.35. The summed E-state index contributed by atoms with van der Waals surface area (Å²) in [6.07, 6.45) is 3.15. The summed E-state index contributed by atoms with van der Waals surface area (Å²) in [5.74, 6) is 0. The monoisotopic (exact) mass is 312 g/mol. The van der Waals surface area contributed by atoms with Crippen molar-refractivity contribution in [3.63, 3.8) is 0 Å². The Morgan fingerprint density at radius 1 is 1.33 bits per heavy atom. The van der Waals surface area contributed by atoms with E-state index in [1.165, 1.54) is 12.1 Å². The standard InChI is InChI=1S/C14H20N2O4S/c1-14(2)7-4-8-15(10-14)11-5-6-12(16(17)18)13(9-11)21(3,19)20/h5-6,9H,4,7-8,10H2,1-3H3. The molecule has 0 spiro atoms. The van der Waals surface area contributed by atoms with Crippen molar-refractivity contribution in [2.45, 2.75) is 31.6 Å². The first-order chi connectivity index (χ1) is 9.60. The Kier molecular flexibility index (Phi) is 3.97. The lowest BCUT2D eigenvalue weighted by Crippen LogP contribution is -2.40. The van der Waals surface area contributed by atoms with Gasteiger partial charge in [0.2, 0.25) is 0 Å². The molecule has 0 aromatic heterocycles. The molecular weight excluding hydrogens is 292 g/mol. The first kappa shape index (κ1) is 15.8. The summed E-state index contributed by atoms with van der Waals surface area (Å²) in [5.41, 5.74) is 0.525. The smallest absolute Gasteiger partial charge is 0.288 e. The molecule has 0 N–H and O–H groups in total. The topological polar surface area (TPSA) is 80.5 Å². The summed E-state index contributed by atoms with van der Waals surface area (Å²) in [5, 5.41) is 11.0. The summed E-state index contributed by atoms with van der Waals surface area (Å²) in [7, 11) is -3.64. The minimum absolute atomic E-state index is 0.158. The van der Waals surface area contributed by atoms with Gasteiger partial charge in [0.1, 0.15) is 4.90 Å². The van der Waals surface area contributed by atoms with E-state index < -0.39 is 14.8 Å². The molecule has 0 saturated carbocycles. The van der Waals surface area contributed by atoms with Crippen molar-refractivity contribution in [3.8, 4) is 0 Å². The number of hydrogen-bond donors (Lipinski definition) is 0. The predicted octanol–water partition coefficient (Wildman–Crippen LogP) is 2.62. The van der Waals surface area contributed by atoms with Crippen LogP contribution in [-0.4, -0.2) is 32.7 Å². The molecule has 116 valence electrons. The van der Waals surface area contributed by atoms with Crippen molar-refractivity contribution in [1.29, 1.82) is 0 Å². The fourth-order valence-electron chi connectivity index (χ4n) is 2.79. The van der Waals surface area contributed by atoms with E-state index in [4.69, 9.17) is 0 Å². The highest BCUT2D eigenvalue weighted by Crippen LogP contribution is 2.34. The number of hydrogen-bond acceptors (Lipinski definition) is 5. The molecule has 0 unspecified atom stereocenters. The Balaban J connectivity index is 2.45. The number of sulfone groups is 1. The largest absolute Gasteiger partial charge is 0.371 e. The average molecular weight is 312 g/mol. The second-order valence-electron chi connectivity index (χ2n) is 6.37. The molecule has 7 heteroatoms. The third-order valence-corrected chi connectivity index (χ3v) is 4.93. The third kappa shape index (κ3) is 3.53. The van der Waals surface area contributed by atoms with Crippen molar-refractivity contribution in [2.24, 2.45) is 5.41 Å². The first-order valence-electron chi connectivity index (χ1n) is 6.84. The second kappa shape index (κ2) is 5.29.